The first kappa shape index (κ1) is 17.3. The van der Waals surface area contributed by atoms with Crippen LogP contribution in [0.5, 0.6) is 5.75 Å². The van der Waals surface area contributed by atoms with Gasteiger partial charge in [-0.25, -0.2) is 4.79 Å². The van der Waals surface area contributed by atoms with Crippen molar-refractivity contribution in [3.05, 3.63) is 51.2 Å². The number of thiophene rings is 1. The third-order valence-corrected chi connectivity index (χ3v) is 4.76. The Labute approximate surface area is 142 Å². The Morgan fingerprint density at radius 3 is 2.61 bits per heavy atom. The number of carbonyl (C=O) groups excluding carboxylic acids is 1. The SMILES string of the molecule is COc1ccc(C(NC(=O)C(C)c2cccs2)C(=O)O)cc1Cl. The van der Waals surface area contributed by atoms with Gasteiger partial charge in [-0.3, -0.25) is 4.79 Å². The van der Waals surface area contributed by atoms with E-state index in [1.807, 2.05) is 17.5 Å². The molecule has 0 aliphatic heterocycles. The van der Waals surface area contributed by atoms with Gasteiger partial charge >= 0.3 is 5.97 Å². The molecule has 0 aliphatic rings. The molecule has 0 saturated carbocycles. The predicted octanol–water partition coefficient (Wildman–Crippen LogP) is 3.46. The summed E-state index contributed by atoms with van der Waals surface area (Å²) in [6.45, 7) is 1.74. The Bertz CT molecular complexity index is 702. The smallest absolute Gasteiger partial charge is 0.330 e. The fourth-order valence-corrected chi connectivity index (χ4v) is 3.13. The largest absolute Gasteiger partial charge is 0.495 e. The van der Waals surface area contributed by atoms with Gasteiger partial charge < -0.3 is 15.2 Å². The molecule has 2 rings (SSSR count). The summed E-state index contributed by atoms with van der Waals surface area (Å²) in [6.07, 6.45) is 0. The van der Waals surface area contributed by atoms with Crippen LogP contribution in [0, 0.1) is 0 Å². The number of carboxylic acids is 1. The highest BCUT2D eigenvalue weighted by molar-refractivity contribution is 7.10. The van der Waals surface area contributed by atoms with Gasteiger partial charge in [0.25, 0.3) is 0 Å². The number of aliphatic carboxylic acids is 1. The predicted molar refractivity (Wildman–Crippen MR) is 89.3 cm³/mol. The molecule has 2 atom stereocenters. The fourth-order valence-electron chi connectivity index (χ4n) is 2.08. The van der Waals surface area contributed by atoms with Crippen LogP contribution in [-0.4, -0.2) is 24.1 Å². The van der Waals surface area contributed by atoms with Crippen molar-refractivity contribution in [2.45, 2.75) is 18.9 Å². The third kappa shape index (κ3) is 4.03. The zero-order valence-corrected chi connectivity index (χ0v) is 14.1. The van der Waals surface area contributed by atoms with Gasteiger partial charge in [0.05, 0.1) is 18.1 Å². The number of amides is 1. The first-order valence-electron chi connectivity index (χ1n) is 6.84. The Kier molecular flexibility index (Phi) is 5.63. The van der Waals surface area contributed by atoms with Crippen LogP contribution < -0.4 is 10.1 Å². The van der Waals surface area contributed by atoms with E-state index in [4.69, 9.17) is 16.3 Å². The van der Waals surface area contributed by atoms with Crippen molar-refractivity contribution < 1.29 is 19.4 Å². The normalized spacial score (nSPS) is 13.2. The molecule has 1 amide bonds. The van der Waals surface area contributed by atoms with E-state index in [2.05, 4.69) is 5.32 Å². The van der Waals surface area contributed by atoms with E-state index in [0.29, 0.717) is 11.3 Å². The Morgan fingerprint density at radius 1 is 1.35 bits per heavy atom. The lowest BCUT2D eigenvalue weighted by Gasteiger charge is -2.18. The lowest BCUT2D eigenvalue weighted by atomic mass is 10.0. The van der Waals surface area contributed by atoms with Gasteiger partial charge in [0.15, 0.2) is 6.04 Å². The van der Waals surface area contributed by atoms with Crippen LogP contribution in [0.25, 0.3) is 0 Å². The summed E-state index contributed by atoms with van der Waals surface area (Å²) in [6, 6.07) is 7.14. The molecule has 0 fully saturated rings. The van der Waals surface area contributed by atoms with Crippen LogP contribution in [0.4, 0.5) is 0 Å². The summed E-state index contributed by atoms with van der Waals surface area (Å²) in [5, 5.41) is 14.1. The van der Waals surface area contributed by atoms with E-state index in [1.165, 1.54) is 24.5 Å². The first-order chi connectivity index (χ1) is 10.9. The number of hydrogen-bond acceptors (Lipinski definition) is 4. The van der Waals surface area contributed by atoms with Crippen molar-refractivity contribution in [3.63, 3.8) is 0 Å². The molecule has 1 heterocycles. The molecule has 1 aromatic carbocycles. The van der Waals surface area contributed by atoms with Crippen molar-refractivity contribution in [2.75, 3.05) is 7.11 Å². The number of benzene rings is 1. The summed E-state index contributed by atoms with van der Waals surface area (Å²) in [5.41, 5.74) is 0.384. The van der Waals surface area contributed by atoms with Crippen molar-refractivity contribution in [1.29, 1.82) is 0 Å². The van der Waals surface area contributed by atoms with Crippen molar-refractivity contribution in [1.82, 2.24) is 5.32 Å². The second kappa shape index (κ2) is 7.48. The zero-order chi connectivity index (χ0) is 17.0. The highest BCUT2D eigenvalue weighted by atomic mass is 35.5. The lowest BCUT2D eigenvalue weighted by Crippen LogP contribution is -2.36. The summed E-state index contributed by atoms with van der Waals surface area (Å²) >= 11 is 7.48. The lowest BCUT2D eigenvalue weighted by molar-refractivity contribution is -0.142. The summed E-state index contributed by atoms with van der Waals surface area (Å²) in [7, 11) is 1.47. The maximum absolute atomic E-state index is 12.3. The number of rotatable bonds is 6. The number of carboxylic acid groups (broad SMARTS) is 1. The topological polar surface area (TPSA) is 75.6 Å². The molecule has 0 spiro atoms. The average Bonchev–Trinajstić information content (AvgIpc) is 3.05. The maximum Gasteiger partial charge on any atom is 0.330 e. The van der Waals surface area contributed by atoms with E-state index >= 15 is 0 Å². The molecule has 122 valence electrons. The minimum Gasteiger partial charge on any atom is -0.495 e. The average molecular weight is 354 g/mol. The van der Waals surface area contributed by atoms with Crippen LogP contribution in [0.3, 0.4) is 0 Å². The third-order valence-electron chi connectivity index (χ3n) is 3.41. The van der Waals surface area contributed by atoms with Gasteiger partial charge in [-0.05, 0) is 36.1 Å². The molecule has 7 heteroatoms. The molecule has 5 nitrogen and oxygen atoms in total. The fraction of sp³-hybridized carbons (Fsp3) is 0.250. The number of carbonyl (C=O) groups is 2. The van der Waals surface area contributed by atoms with E-state index in [0.717, 1.165) is 4.88 Å². The van der Waals surface area contributed by atoms with Gasteiger partial charge in [0, 0.05) is 4.88 Å². The maximum atomic E-state index is 12.3. The molecule has 2 aromatic rings. The molecule has 2 N–H and O–H groups in total. The van der Waals surface area contributed by atoms with Gasteiger partial charge in [-0.15, -0.1) is 11.3 Å². The van der Waals surface area contributed by atoms with E-state index in [-0.39, 0.29) is 10.9 Å². The number of halogens is 1. The minimum atomic E-state index is -1.17. The van der Waals surface area contributed by atoms with Crippen molar-refractivity contribution in [2.24, 2.45) is 0 Å². The monoisotopic (exact) mass is 353 g/mol. The van der Waals surface area contributed by atoms with E-state index < -0.39 is 17.9 Å². The van der Waals surface area contributed by atoms with Crippen LogP contribution in [0.1, 0.15) is 29.3 Å². The molecule has 1 aromatic heterocycles. The molecule has 0 radical (unpaired) electrons. The molecular weight excluding hydrogens is 338 g/mol. The van der Waals surface area contributed by atoms with Gasteiger partial charge in [0.1, 0.15) is 5.75 Å². The Balaban J connectivity index is 2.20. The van der Waals surface area contributed by atoms with Gasteiger partial charge in [-0.2, -0.15) is 0 Å². The Hall–Kier alpha value is -2.05. The number of ether oxygens (including phenoxy) is 1. The van der Waals surface area contributed by atoms with E-state index in [1.54, 1.807) is 19.1 Å². The molecule has 0 saturated heterocycles. The molecule has 23 heavy (non-hydrogen) atoms. The minimum absolute atomic E-state index is 0.289. The quantitative estimate of drug-likeness (QED) is 0.834. The molecular formula is C16H16ClNO4S. The van der Waals surface area contributed by atoms with Crippen molar-refractivity contribution in [3.8, 4) is 5.75 Å². The van der Waals surface area contributed by atoms with Gasteiger partial charge in [-0.1, -0.05) is 23.7 Å². The van der Waals surface area contributed by atoms with Crippen LogP contribution in [0.2, 0.25) is 5.02 Å². The molecule has 0 aliphatic carbocycles. The van der Waals surface area contributed by atoms with E-state index in [9.17, 15) is 14.7 Å². The summed E-state index contributed by atoms with van der Waals surface area (Å²) in [5.74, 6) is -1.49. The highest BCUT2D eigenvalue weighted by Gasteiger charge is 2.26. The highest BCUT2D eigenvalue weighted by Crippen LogP contribution is 2.28. The molecule has 2 unspecified atom stereocenters. The summed E-state index contributed by atoms with van der Waals surface area (Å²) < 4.78 is 5.04. The summed E-state index contributed by atoms with van der Waals surface area (Å²) in [4.78, 5) is 24.7. The second-order valence-electron chi connectivity index (χ2n) is 4.91. The number of nitrogens with one attached hydrogen (secondary N) is 1. The molecule has 0 bridgehead atoms. The first-order valence-corrected chi connectivity index (χ1v) is 8.09. The Morgan fingerprint density at radius 2 is 2.09 bits per heavy atom. The van der Waals surface area contributed by atoms with Crippen LogP contribution >= 0.6 is 22.9 Å². The number of hydrogen-bond donors (Lipinski definition) is 2. The standard InChI is InChI=1S/C16H16ClNO4S/c1-9(13-4-3-7-23-13)15(19)18-14(16(20)21)10-5-6-12(22-2)11(17)8-10/h3-9,14H,1-2H3,(H,18,19)(H,20,21). The number of methoxy groups -OCH3 is 1. The van der Waals surface area contributed by atoms with Crippen LogP contribution in [-0.2, 0) is 9.59 Å². The van der Waals surface area contributed by atoms with Crippen molar-refractivity contribution >= 4 is 34.8 Å². The second-order valence-corrected chi connectivity index (χ2v) is 6.30. The van der Waals surface area contributed by atoms with Gasteiger partial charge in [0.2, 0.25) is 5.91 Å². The zero-order valence-electron chi connectivity index (χ0n) is 12.6. The van der Waals surface area contributed by atoms with Crippen LogP contribution in [0.15, 0.2) is 35.7 Å².